The predicted molar refractivity (Wildman–Crippen MR) is 132 cm³/mol. The Morgan fingerprint density at radius 1 is 1.12 bits per heavy atom. The second kappa shape index (κ2) is 11.1. The van der Waals surface area contributed by atoms with Gasteiger partial charge in [-0.25, -0.2) is 4.79 Å². The van der Waals surface area contributed by atoms with E-state index >= 15 is 0 Å². The van der Waals surface area contributed by atoms with E-state index in [1.54, 1.807) is 27.2 Å². The van der Waals surface area contributed by atoms with Gasteiger partial charge in [-0.2, -0.15) is 0 Å². The van der Waals surface area contributed by atoms with E-state index in [2.05, 4.69) is 20.8 Å². The van der Waals surface area contributed by atoms with Crippen molar-refractivity contribution in [2.24, 2.45) is 17.8 Å². The van der Waals surface area contributed by atoms with E-state index in [-0.39, 0.29) is 30.0 Å². The fourth-order valence-electron chi connectivity index (χ4n) is 4.52. The molecular formula is C28H38O6. The van der Waals surface area contributed by atoms with Gasteiger partial charge in [-0.05, 0) is 74.2 Å². The lowest BCUT2D eigenvalue weighted by molar-refractivity contribution is -0.140. The summed E-state index contributed by atoms with van der Waals surface area (Å²) >= 11 is 0. The number of allylic oxidation sites excluding steroid dienone is 1. The Balaban J connectivity index is 2.04. The summed E-state index contributed by atoms with van der Waals surface area (Å²) in [5.74, 6) is 2.43. The predicted octanol–water partition coefficient (Wildman–Crippen LogP) is 5.78. The van der Waals surface area contributed by atoms with Gasteiger partial charge in [0.25, 0.3) is 0 Å². The molecule has 0 spiro atoms. The number of hydrogen-bond donors (Lipinski definition) is 0. The van der Waals surface area contributed by atoms with Crippen molar-refractivity contribution in [3.8, 4) is 17.2 Å². The molecule has 6 heteroatoms. The molecule has 1 heterocycles. The summed E-state index contributed by atoms with van der Waals surface area (Å²) < 4.78 is 22.6. The molecule has 1 aromatic carbocycles. The van der Waals surface area contributed by atoms with Gasteiger partial charge in [-0.3, -0.25) is 4.79 Å². The lowest BCUT2D eigenvalue weighted by Gasteiger charge is -2.32. The lowest BCUT2D eigenvalue weighted by atomic mass is 9.86. The Morgan fingerprint density at radius 3 is 2.32 bits per heavy atom. The molecule has 34 heavy (non-hydrogen) atoms. The molecule has 1 fully saturated rings. The molecule has 0 aromatic heterocycles. The van der Waals surface area contributed by atoms with Gasteiger partial charge in [0.05, 0.1) is 20.8 Å². The molecule has 0 bridgehead atoms. The average molecular weight is 471 g/mol. The smallest absolute Gasteiger partial charge is 0.341 e. The summed E-state index contributed by atoms with van der Waals surface area (Å²) in [4.78, 5) is 26.1. The standard InChI is InChI=1S/C28H38O6/c1-8-33-28(30)22(23(29)12-9-17(4)19-10-11-19)13-21-18(5)20-14-25(31-6)26(32-7)15-24(20)34-27(21)16(2)3/h13-17,19,27H,8-12H2,1-7H3/b22-13+. The zero-order valence-corrected chi connectivity index (χ0v) is 21.5. The Hall–Kier alpha value is -2.76. The molecule has 1 aliphatic carbocycles. The van der Waals surface area contributed by atoms with Crippen LogP contribution in [0, 0.1) is 17.8 Å². The van der Waals surface area contributed by atoms with Crippen LogP contribution in [0.2, 0.25) is 0 Å². The van der Waals surface area contributed by atoms with Crippen LogP contribution >= 0.6 is 0 Å². The number of carbonyl (C=O) groups is 2. The van der Waals surface area contributed by atoms with E-state index in [1.807, 2.05) is 19.1 Å². The lowest BCUT2D eigenvalue weighted by Crippen LogP contribution is -2.30. The summed E-state index contributed by atoms with van der Waals surface area (Å²) in [7, 11) is 3.18. The minimum absolute atomic E-state index is 0.0948. The highest BCUT2D eigenvalue weighted by atomic mass is 16.5. The van der Waals surface area contributed by atoms with Crippen LogP contribution in [0.15, 0.2) is 29.4 Å². The second-order valence-corrected chi connectivity index (χ2v) is 9.62. The number of ether oxygens (including phenoxy) is 4. The quantitative estimate of drug-likeness (QED) is 0.177. The third-order valence-electron chi connectivity index (χ3n) is 6.84. The van der Waals surface area contributed by atoms with E-state index in [1.165, 1.54) is 12.8 Å². The number of ketones is 1. The van der Waals surface area contributed by atoms with Crippen molar-refractivity contribution in [3.63, 3.8) is 0 Å². The fourth-order valence-corrected chi connectivity index (χ4v) is 4.52. The first kappa shape index (κ1) is 25.9. The van der Waals surface area contributed by atoms with Gasteiger partial charge in [-0.1, -0.05) is 20.8 Å². The van der Waals surface area contributed by atoms with E-state index in [4.69, 9.17) is 18.9 Å². The Bertz CT molecular complexity index is 983. The van der Waals surface area contributed by atoms with Crippen LogP contribution in [0.1, 0.15) is 65.9 Å². The molecule has 2 atom stereocenters. The van der Waals surface area contributed by atoms with Gasteiger partial charge in [0.2, 0.25) is 0 Å². The highest BCUT2D eigenvalue weighted by Gasteiger charge is 2.32. The fraction of sp³-hybridized carbons (Fsp3) is 0.571. The molecule has 6 nitrogen and oxygen atoms in total. The molecule has 2 unspecified atom stereocenters. The van der Waals surface area contributed by atoms with Crippen LogP contribution in [-0.2, 0) is 14.3 Å². The third kappa shape index (κ3) is 5.65. The van der Waals surface area contributed by atoms with E-state index in [0.29, 0.717) is 35.5 Å². The number of rotatable bonds is 11. The van der Waals surface area contributed by atoms with Gasteiger partial charge in [0, 0.05) is 18.1 Å². The molecule has 1 saturated carbocycles. The molecule has 2 aliphatic rings. The SMILES string of the molecule is CCOC(=O)/C(=C/C1=C(C)c2cc(OC)c(OC)cc2OC1C(C)C)C(=O)CCC(C)C1CC1. The number of esters is 1. The van der Waals surface area contributed by atoms with Crippen LogP contribution in [0.25, 0.3) is 5.57 Å². The van der Waals surface area contributed by atoms with Crippen LogP contribution in [-0.4, -0.2) is 38.7 Å². The van der Waals surface area contributed by atoms with E-state index in [0.717, 1.165) is 23.1 Å². The van der Waals surface area contributed by atoms with Crippen molar-refractivity contribution >= 4 is 17.3 Å². The highest BCUT2D eigenvalue weighted by Crippen LogP contribution is 2.44. The molecule has 1 aromatic rings. The van der Waals surface area contributed by atoms with Gasteiger partial charge in [0.1, 0.15) is 17.4 Å². The first-order valence-electron chi connectivity index (χ1n) is 12.3. The molecule has 3 rings (SSSR count). The van der Waals surface area contributed by atoms with Crippen molar-refractivity contribution < 1.29 is 28.5 Å². The Kier molecular flexibility index (Phi) is 8.45. The summed E-state index contributed by atoms with van der Waals surface area (Å²) in [6.07, 6.45) is 4.97. The van der Waals surface area contributed by atoms with Crippen LogP contribution in [0.5, 0.6) is 17.2 Å². The van der Waals surface area contributed by atoms with E-state index in [9.17, 15) is 9.59 Å². The van der Waals surface area contributed by atoms with Crippen molar-refractivity contribution in [1.29, 1.82) is 0 Å². The first-order chi connectivity index (χ1) is 16.2. The Labute approximate surface area is 203 Å². The van der Waals surface area contributed by atoms with Crippen molar-refractivity contribution in [1.82, 2.24) is 0 Å². The van der Waals surface area contributed by atoms with Gasteiger partial charge in [-0.15, -0.1) is 0 Å². The number of fused-ring (bicyclic) bond motifs is 1. The van der Waals surface area contributed by atoms with Crippen LogP contribution in [0.4, 0.5) is 0 Å². The zero-order chi connectivity index (χ0) is 25.0. The number of benzene rings is 1. The summed E-state index contributed by atoms with van der Waals surface area (Å²) in [6.45, 7) is 10.2. The van der Waals surface area contributed by atoms with Crippen molar-refractivity contribution in [2.45, 2.75) is 66.4 Å². The maximum atomic E-state index is 13.2. The van der Waals surface area contributed by atoms with Crippen molar-refractivity contribution in [3.05, 3.63) is 34.9 Å². The second-order valence-electron chi connectivity index (χ2n) is 9.62. The molecule has 0 saturated heterocycles. The molecule has 186 valence electrons. The number of carbonyl (C=O) groups excluding carboxylic acids is 2. The summed E-state index contributed by atoms with van der Waals surface area (Å²) in [5, 5.41) is 0. The monoisotopic (exact) mass is 470 g/mol. The molecular weight excluding hydrogens is 432 g/mol. The Morgan fingerprint density at radius 2 is 1.76 bits per heavy atom. The topological polar surface area (TPSA) is 71.1 Å². The number of methoxy groups -OCH3 is 2. The molecule has 0 N–H and O–H groups in total. The summed E-state index contributed by atoms with van der Waals surface area (Å²) in [6, 6.07) is 3.70. The highest BCUT2D eigenvalue weighted by molar-refractivity contribution is 6.17. The largest absolute Gasteiger partial charge is 0.493 e. The van der Waals surface area contributed by atoms with Crippen LogP contribution in [0.3, 0.4) is 0 Å². The van der Waals surface area contributed by atoms with Gasteiger partial charge in [0.15, 0.2) is 17.3 Å². The molecule has 0 amide bonds. The van der Waals surface area contributed by atoms with Crippen molar-refractivity contribution in [2.75, 3.05) is 20.8 Å². The minimum atomic E-state index is -0.576. The minimum Gasteiger partial charge on any atom is -0.493 e. The first-order valence-corrected chi connectivity index (χ1v) is 12.3. The number of Topliss-reactive ketones (excluding diaryl/α,β-unsaturated/α-hetero) is 1. The van der Waals surface area contributed by atoms with E-state index < -0.39 is 5.97 Å². The normalized spacial score (nSPS) is 18.8. The average Bonchev–Trinajstić information content (AvgIpc) is 3.66. The van der Waals surface area contributed by atoms with Gasteiger partial charge >= 0.3 is 5.97 Å². The van der Waals surface area contributed by atoms with Crippen LogP contribution < -0.4 is 14.2 Å². The zero-order valence-electron chi connectivity index (χ0n) is 21.5. The summed E-state index contributed by atoms with van der Waals surface area (Å²) in [5.41, 5.74) is 2.68. The molecule has 1 aliphatic heterocycles. The maximum Gasteiger partial charge on any atom is 0.341 e. The third-order valence-corrected chi connectivity index (χ3v) is 6.84. The molecule has 0 radical (unpaired) electrons. The number of hydrogen-bond acceptors (Lipinski definition) is 6. The van der Waals surface area contributed by atoms with Gasteiger partial charge < -0.3 is 18.9 Å². The maximum absolute atomic E-state index is 13.2.